The van der Waals surface area contributed by atoms with Crippen LogP contribution in [0.25, 0.3) is 5.70 Å². The Bertz CT molecular complexity index is 504. The molecule has 1 heterocycles. The molecular formula is C14H17N3O. The van der Waals surface area contributed by atoms with E-state index in [1.807, 2.05) is 31.2 Å². The minimum absolute atomic E-state index is 0.0458. The van der Waals surface area contributed by atoms with E-state index in [-0.39, 0.29) is 5.91 Å². The highest BCUT2D eigenvalue weighted by molar-refractivity contribution is 5.90. The molecule has 94 valence electrons. The first-order valence-corrected chi connectivity index (χ1v) is 6.40. The summed E-state index contributed by atoms with van der Waals surface area (Å²) in [6.07, 6.45) is 1.70. The minimum atomic E-state index is 0.0458. The third kappa shape index (κ3) is 2.11. The van der Waals surface area contributed by atoms with E-state index in [2.05, 4.69) is 16.2 Å². The van der Waals surface area contributed by atoms with E-state index in [0.29, 0.717) is 6.42 Å². The summed E-state index contributed by atoms with van der Waals surface area (Å²) in [7, 11) is 0. The van der Waals surface area contributed by atoms with Crippen molar-refractivity contribution in [2.75, 3.05) is 11.9 Å². The Morgan fingerprint density at radius 1 is 1.39 bits per heavy atom. The van der Waals surface area contributed by atoms with E-state index in [4.69, 9.17) is 0 Å². The van der Waals surface area contributed by atoms with Gasteiger partial charge in [-0.3, -0.25) is 4.79 Å². The van der Waals surface area contributed by atoms with Crippen molar-refractivity contribution < 1.29 is 4.79 Å². The van der Waals surface area contributed by atoms with Crippen molar-refractivity contribution in [3.8, 4) is 0 Å². The van der Waals surface area contributed by atoms with Crippen LogP contribution in [0.1, 0.15) is 25.3 Å². The van der Waals surface area contributed by atoms with Gasteiger partial charge in [-0.25, -0.2) is 5.43 Å². The van der Waals surface area contributed by atoms with Crippen LogP contribution in [0, 0.1) is 5.92 Å². The third-order valence-electron chi connectivity index (χ3n) is 3.46. The number of hydrazine groups is 1. The molecule has 3 N–H and O–H groups in total. The Labute approximate surface area is 106 Å². The van der Waals surface area contributed by atoms with Crippen LogP contribution in [-0.2, 0) is 4.79 Å². The lowest BCUT2D eigenvalue weighted by molar-refractivity contribution is -0.115. The second-order valence-corrected chi connectivity index (χ2v) is 4.79. The van der Waals surface area contributed by atoms with Gasteiger partial charge >= 0.3 is 0 Å². The molecule has 4 nitrogen and oxygen atoms in total. The van der Waals surface area contributed by atoms with Crippen LogP contribution in [0.4, 0.5) is 5.69 Å². The number of rotatable bonds is 3. The Kier molecular flexibility index (Phi) is 2.80. The lowest BCUT2D eigenvalue weighted by Crippen LogP contribution is -2.34. The Balaban J connectivity index is 1.77. The molecule has 1 fully saturated rings. The normalized spacial score (nSPS) is 21.1. The van der Waals surface area contributed by atoms with Gasteiger partial charge in [-0.15, -0.1) is 0 Å². The third-order valence-corrected chi connectivity index (χ3v) is 3.46. The van der Waals surface area contributed by atoms with Crippen LogP contribution in [0.2, 0.25) is 0 Å². The zero-order chi connectivity index (χ0) is 12.5. The summed E-state index contributed by atoms with van der Waals surface area (Å²) in [5, 5.41) is 2.85. The Morgan fingerprint density at radius 3 is 2.89 bits per heavy atom. The zero-order valence-electron chi connectivity index (χ0n) is 10.4. The van der Waals surface area contributed by atoms with E-state index >= 15 is 0 Å². The first kappa shape index (κ1) is 11.3. The zero-order valence-corrected chi connectivity index (χ0v) is 10.4. The van der Waals surface area contributed by atoms with Crippen LogP contribution >= 0.6 is 0 Å². The van der Waals surface area contributed by atoms with Crippen molar-refractivity contribution in [2.24, 2.45) is 5.92 Å². The summed E-state index contributed by atoms with van der Waals surface area (Å²) in [4.78, 5) is 11.3. The summed E-state index contributed by atoms with van der Waals surface area (Å²) < 4.78 is 0. The number of amides is 1. The summed E-state index contributed by atoms with van der Waals surface area (Å²) in [5.41, 5.74) is 11.2. The van der Waals surface area contributed by atoms with Crippen LogP contribution in [-0.4, -0.2) is 12.5 Å². The number of hydrogen-bond acceptors (Lipinski definition) is 3. The molecule has 1 amide bonds. The van der Waals surface area contributed by atoms with Gasteiger partial charge in [-0.05, 0) is 29.7 Å². The van der Waals surface area contributed by atoms with E-state index < -0.39 is 0 Å². The lowest BCUT2D eigenvalue weighted by atomic mass is 10.1. The number of hydrogen-bond donors (Lipinski definition) is 3. The van der Waals surface area contributed by atoms with Gasteiger partial charge in [0.2, 0.25) is 5.91 Å². The molecule has 0 saturated heterocycles. The van der Waals surface area contributed by atoms with Gasteiger partial charge in [0.25, 0.3) is 0 Å². The fraction of sp³-hybridized carbons (Fsp3) is 0.357. The first-order chi connectivity index (χ1) is 8.78. The number of carbonyl (C=O) groups excluding carboxylic acids is 1. The van der Waals surface area contributed by atoms with Gasteiger partial charge in [0.05, 0.1) is 5.70 Å². The van der Waals surface area contributed by atoms with Gasteiger partial charge in [0.1, 0.15) is 0 Å². The van der Waals surface area contributed by atoms with Crippen molar-refractivity contribution in [2.45, 2.75) is 19.8 Å². The summed E-state index contributed by atoms with van der Waals surface area (Å²) in [6.45, 7) is 2.88. The summed E-state index contributed by atoms with van der Waals surface area (Å²) >= 11 is 0. The van der Waals surface area contributed by atoms with Crippen LogP contribution in [0.3, 0.4) is 0 Å². The fourth-order valence-corrected chi connectivity index (χ4v) is 2.28. The maximum Gasteiger partial charge on any atom is 0.224 e. The van der Waals surface area contributed by atoms with Crippen molar-refractivity contribution in [1.82, 2.24) is 10.9 Å². The molecule has 0 spiro atoms. The molecule has 1 saturated carbocycles. The molecular weight excluding hydrogens is 226 g/mol. The number of carbonyl (C=O) groups is 1. The molecule has 1 unspecified atom stereocenters. The summed E-state index contributed by atoms with van der Waals surface area (Å²) in [6, 6.07) is 7.99. The van der Waals surface area contributed by atoms with Gasteiger partial charge in [0, 0.05) is 24.6 Å². The average molecular weight is 243 g/mol. The molecule has 1 aliphatic heterocycles. The molecule has 1 aromatic rings. The first-order valence-electron chi connectivity index (χ1n) is 6.40. The van der Waals surface area contributed by atoms with Crippen molar-refractivity contribution in [3.05, 3.63) is 35.4 Å². The Hall–Kier alpha value is -1.81. The van der Waals surface area contributed by atoms with Gasteiger partial charge < -0.3 is 10.7 Å². The maximum atomic E-state index is 11.3. The van der Waals surface area contributed by atoms with Crippen molar-refractivity contribution >= 4 is 17.3 Å². The highest BCUT2D eigenvalue weighted by Crippen LogP contribution is 2.43. The van der Waals surface area contributed by atoms with Crippen LogP contribution < -0.4 is 16.2 Å². The molecule has 2 aliphatic rings. The number of benzene rings is 1. The minimum Gasteiger partial charge on any atom is -0.326 e. The van der Waals surface area contributed by atoms with Gasteiger partial charge in [-0.1, -0.05) is 19.1 Å². The van der Waals surface area contributed by atoms with Crippen molar-refractivity contribution in [1.29, 1.82) is 0 Å². The summed E-state index contributed by atoms with van der Waals surface area (Å²) in [5.74, 6) is 0.769. The van der Waals surface area contributed by atoms with E-state index in [1.54, 1.807) is 0 Å². The molecule has 0 bridgehead atoms. The molecule has 3 rings (SSSR count). The predicted octanol–water partition coefficient (Wildman–Crippen LogP) is 1.87. The second-order valence-electron chi connectivity index (χ2n) is 4.79. The Morgan fingerprint density at radius 2 is 2.17 bits per heavy atom. The predicted molar refractivity (Wildman–Crippen MR) is 71.5 cm³/mol. The smallest absolute Gasteiger partial charge is 0.224 e. The number of fused-ring (bicyclic) bond motifs is 1. The molecule has 18 heavy (non-hydrogen) atoms. The molecule has 1 aliphatic carbocycles. The highest BCUT2D eigenvalue weighted by Gasteiger charge is 2.35. The topological polar surface area (TPSA) is 53.2 Å². The molecule has 0 radical (unpaired) electrons. The van der Waals surface area contributed by atoms with Crippen LogP contribution in [0.5, 0.6) is 0 Å². The largest absolute Gasteiger partial charge is 0.326 e. The monoisotopic (exact) mass is 243 g/mol. The van der Waals surface area contributed by atoms with Crippen molar-refractivity contribution in [3.63, 3.8) is 0 Å². The SMILES string of the molecule is CCC(=O)Nc1ccc(C2=C3CC3CNN2)cc1. The maximum absolute atomic E-state index is 11.3. The molecule has 1 aromatic carbocycles. The van der Waals surface area contributed by atoms with E-state index in [0.717, 1.165) is 18.2 Å². The van der Waals surface area contributed by atoms with Crippen LogP contribution in [0.15, 0.2) is 29.8 Å². The second kappa shape index (κ2) is 4.46. The quantitative estimate of drug-likeness (QED) is 0.759. The number of anilines is 1. The van der Waals surface area contributed by atoms with Gasteiger partial charge in [0.15, 0.2) is 0 Å². The molecule has 0 aromatic heterocycles. The van der Waals surface area contributed by atoms with Gasteiger partial charge in [-0.2, -0.15) is 0 Å². The standard InChI is InChI=1S/C14H17N3O/c1-2-13(18)16-11-5-3-9(4-6-11)14-12-7-10(12)8-15-17-14/h3-6,10,15,17H,2,7-8H2,1H3,(H,16,18). The van der Waals surface area contributed by atoms with E-state index in [1.165, 1.54) is 23.3 Å². The number of nitrogens with one attached hydrogen (secondary N) is 3. The fourth-order valence-electron chi connectivity index (χ4n) is 2.28. The average Bonchev–Trinajstić information content (AvgIpc) is 3.18. The molecule has 1 atom stereocenters. The lowest BCUT2D eigenvalue weighted by Gasteiger charge is -2.16. The highest BCUT2D eigenvalue weighted by atomic mass is 16.1. The molecule has 4 heteroatoms. The van der Waals surface area contributed by atoms with E-state index in [9.17, 15) is 4.79 Å².